The molecule has 1 radical (unpaired) electrons. The molecule has 6 aromatic carbocycles. The molecule has 10 aromatic rings. The normalized spacial score (nSPS) is 15.5. The summed E-state index contributed by atoms with van der Waals surface area (Å²) in [5, 5.41) is 41.7. The van der Waals surface area contributed by atoms with Gasteiger partial charge in [0.15, 0.2) is 11.2 Å². The van der Waals surface area contributed by atoms with Crippen molar-refractivity contribution >= 4 is 164 Å². The van der Waals surface area contributed by atoms with Crippen LogP contribution in [0.1, 0.15) is 122 Å². The second-order valence-corrected chi connectivity index (χ2v) is 32.4. The number of nitrogens with one attached hydrogen (secondary N) is 1. The zero-order valence-electron chi connectivity index (χ0n) is 70.8. The summed E-state index contributed by atoms with van der Waals surface area (Å²) in [5.41, 5.74) is 14.0. The van der Waals surface area contributed by atoms with Crippen molar-refractivity contribution in [1.82, 2.24) is 19.8 Å². The first-order valence-corrected chi connectivity index (χ1v) is 43.9. The van der Waals surface area contributed by atoms with E-state index in [1.165, 1.54) is 7.53 Å². The van der Waals surface area contributed by atoms with Gasteiger partial charge in [-0.1, -0.05) is 102 Å². The van der Waals surface area contributed by atoms with Crippen LogP contribution in [0.5, 0.6) is 0 Å². The highest BCUT2D eigenvalue weighted by Gasteiger charge is 2.52. The van der Waals surface area contributed by atoms with Gasteiger partial charge in [-0.25, -0.2) is 0 Å². The molecule has 0 aliphatic carbocycles. The Morgan fingerprint density at radius 1 is 0.517 bits per heavy atom. The molecule has 2 amide bonds. The lowest BCUT2D eigenvalue weighted by atomic mass is 9.78. The number of halogens is 5. The predicted octanol–water partition coefficient (Wildman–Crippen LogP) is 18.7. The summed E-state index contributed by atoms with van der Waals surface area (Å²) in [6.07, 6.45) is 11.3. The number of fused-ring (bicyclic) bond motifs is 2. The maximum absolute atomic E-state index is 12.2. The highest BCUT2D eigenvalue weighted by molar-refractivity contribution is 14.1. The molecule has 1 N–H and O–H groups in total. The third kappa shape index (κ3) is 25.1. The van der Waals surface area contributed by atoms with Gasteiger partial charge in [0.25, 0.3) is 11.8 Å². The smallest absolute Gasteiger partial charge is 0.454 e. The van der Waals surface area contributed by atoms with Gasteiger partial charge in [0.2, 0.25) is 0 Å². The maximum atomic E-state index is 12.2. The molecule has 4 aromatic heterocycles. The van der Waals surface area contributed by atoms with Gasteiger partial charge >= 0.3 is 7.12 Å². The Balaban J connectivity index is 0.000000191. The monoisotopic (exact) mass is 1920 g/mol. The summed E-state index contributed by atoms with van der Waals surface area (Å²) >= 11 is 15.0. The summed E-state index contributed by atoms with van der Waals surface area (Å²) in [7, 11) is 15.9. The second kappa shape index (κ2) is 46.6. The Hall–Kier alpha value is -8.61. The maximum Gasteiger partial charge on any atom is 0.494 e. The molecule has 9 heterocycles. The number of aromatic nitrogens is 2. The molecule has 0 spiro atoms. The van der Waals surface area contributed by atoms with E-state index in [1.807, 2.05) is 155 Å². The van der Waals surface area contributed by atoms with Gasteiger partial charge in [0.1, 0.15) is 54.4 Å². The highest BCUT2D eigenvalue weighted by Crippen LogP contribution is 2.40. The van der Waals surface area contributed by atoms with E-state index in [4.69, 9.17) is 60.6 Å². The molecule has 0 saturated carbocycles. The summed E-state index contributed by atoms with van der Waals surface area (Å²) in [4.78, 5) is 44.4. The minimum absolute atomic E-state index is 0. The van der Waals surface area contributed by atoms with E-state index >= 15 is 0 Å². The lowest BCUT2D eigenvalue weighted by Gasteiger charge is -2.33. The van der Waals surface area contributed by atoms with Gasteiger partial charge < -0.3 is 66.9 Å². The Kier molecular flexibility index (Phi) is 37.0. The van der Waals surface area contributed by atoms with Crippen LogP contribution in [0.4, 0.5) is 22.7 Å². The summed E-state index contributed by atoms with van der Waals surface area (Å²) < 4.78 is 53.7. The van der Waals surface area contributed by atoms with Crippen molar-refractivity contribution in [2.45, 2.75) is 114 Å². The van der Waals surface area contributed by atoms with Crippen LogP contribution in [0.15, 0.2) is 176 Å². The Morgan fingerprint density at radius 2 is 0.883 bits per heavy atom. The first-order valence-electron chi connectivity index (χ1n) is 39.7. The SMILES string of the molecule is CI.CN(C)C(=O)c1ccc(-c2cc3nccc(-c4ccc(N(C)C5CCOCC5)c(C#N)c4)c3o2)cc1.CN(C)C(=O)c1ccc(-c2cc3nccc(Cl)c3o2)cc1.CN(c1ccc(B2OC(C)(C)C(C)(C)O2)cc1C#N)C1CCOCC1.CN(c1ccc(Br)cc1C#N)C1CCOCC1.Cl.N#Cc1cc(Br)ccc1NC1CCOCC1.[2H][B]P. The Morgan fingerprint density at radius 3 is 1.32 bits per heavy atom. The molecule has 5 saturated heterocycles. The molecule has 0 bridgehead atoms. The number of hydrogen-bond donors (Lipinski definition) is 1. The van der Waals surface area contributed by atoms with Gasteiger partial charge in [-0.3, -0.25) is 19.6 Å². The van der Waals surface area contributed by atoms with E-state index in [1.54, 1.807) is 80.7 Å². The predicted molar refractivity (Wildman–Crippen MR) is 503 cm³/mol. The number of carbonyl (C=O) groups excluding carboxylic acids is 2. The standard InChI is InChI=1S/C29H28N4O3.C19H27BN2O3.C16H13ClN2O2.C13H15BrN2O.C12H13BrN2O.CH3I.BH3P.ClH/c1-32(2)29(34)20-6-4-19(5-7-20)27-17-25-28(36-27)24(10-13-31-25)21-8-9-26(22(16-21)18-30)33(3)23-11-14-35-15-12-23;1-18(2)19(3,4)25-20(24-18)15-6-7-17(14(12-15)13-21)22(5)16-8-10-23-11-9-16;1-19(2)16(20)11-5-3-10(4-6-11)14-9-13-15(21-14)12(17)7-8-18-13;1-16(12-4-6-17-7-5-12)13-3-2-11(14)8-10(13)9-15;13-10-1-2-12(9(7-10)8-14)15-11-3-5-16-6-4-11;2*1-2;/h4-10,13,16-17,23H,11-12,14-15H2,1-3H3;6-7,12,16H,8-11H2,1-5H3;3-9H,1-2H3;2-3,8,12H,4-7H2,1H3;1-2,7,11,15H,3-6H2;1H3;1H,2H2;1H/i;;;;;;1D;. The van der Waals surface area contributed by atoms with Crippen LogP contribution < -0.4 is 25.5 Å². The van der Waals surface area contributed by atoms with Crippen LogP contribution in [0, 0.1) is 45.3 Å². The van der Waals surface area contributed by atoms with Gasteiger partial charge in [-0.05, 0) is 193 Å². The van der Waals surface area contributed by atoms with Crippen molar-refractivity contribution in [3.8, 4) is 58.1 Å². The third-order valence-electron chi connectivity index (χ3n) is 21.6. The van der Waals surface area contributed by atoms with Crippen LogP contribution in [-0.2, 0) is 28.3 Å². The second-order valence-electron chi connectivity index (χ2n) is 30.1. The van der Waals surface area contributed by atoms with Crippen molar-refractivity contribution in [3.05, 3.63) is 205 Å². The average Bonchev–Trinajstić information content (AvgIpc) is 1.61. The zero-order valence-corrected chi connectivity index (χ0v) is 77.8. The number of anilines is 4. The van der Waals surface area contributed by atoms with Gasteiger partial charge in [0, 0.05) is 188 Å². The van der Waals surface area contributed by atoms with Crippen LogP contribution >= 0.6 is 87.6 Å². The molecule has 5 fully saturated rings. The number of nitriles is 4. The molecule has 22 nitrogen and oxygen atoms in total. The molecule has 629 valence electrons. The van der Waals surface area contributed by atoms with Crippen molar-refractivity contribution < 1.29 is 46.7 Å². The fourth-order valence-corrected chi connectivity index (χ4v) is 15.0. The number of benzene rings is 6. The minimum atomic E-state index is -0.445. The molecule has 5 aliphatic heterocycles. The zero-order chi connectivity index (χ0) is 86.8. The number of furan rings is 2. The first-order chi connectivity index (χ1) is 57.7. The number of ether oxygens (including phenoxy) is 4. The van der Waals surface area contributed by atoms with Gasteiger partial charge in [-0.2, -0.15) is 30.2 Å². The molecule has 120 heavy (non-hydrogen) atoms. The van der Waals surface area contributed by atoms with Crippen LogP contribution in [0.3, 0.4) is 0 Å². The molecular weight excluding hydrogens is 1820 g/mol. The Bertz CT molecular complexity index is 5240. The molecular formula is C90H103B2Br2Cl2IN12O10P. The van der Waals surface area contributed by atoms with Gasteiger partial charge in [-0.15, -0.1) is 12.4 Å². The van der Waals surface area contributed by atoms with Crippen LogP contribution in [-0.4, -0.2) is 190 Å². The fraction of sp³-hybridized carbons (Fsp3) is 0.378. The Labute approximate surface area is 752 Å². The lowest BCUT2D eigenvalue weighted by Crippen LogP contribution is -2.41. The molecule has 1 atom stereocenters. The molecule has 5 aliphatic rings. The number of amides is 2. The van der Waals surface area contributed by atoms with E-state index in [0.717, 1.165) is 169 Å². The number of nitrogens with zero attached hydrogens (tertiary/aromatic N) is 11. The number of rotatable bonds is 14. The lowest BCUT2D eigenvalue weighted by molar-refractivity contribution is 0.00578. The van der Waals surface area contributed by atoms with Crippen molar-refractivity contribution in [1.29, 1.82) is 22.4 Å². The summed E-state index contributed by atoms with van der Waals surface area (Å²) in [6, 6.07) is 56.2. The van der Waals surface area contributed by atoms with Crippen LogP contribution in [0.2, 0.25) is 5.02 Å². The third-order valence-corrected chi connectivity index (χ3v) is 22.9. The fourth-order valence-electron chi connectivity index (χ4n) is 14.1. The number of carbonyl (C=O) groups is 2. The average molecular weight is 1920 g/mol. The number of hydrogen-bond acceptors (Lipinski definition) is 20. The number of pyridine rings is 2. The van der Waals surface area contributed by atoms with Crippen molar-refractivity contribution in [3.63, 3.8) is 0 Å². The minimum Gasteiger partial charge on any atom is -0.454 e. The van der Waals surface area contributed by atoms with E-state index in [2.05, 4.69) is 132 Å². The van der Waals surface area contributed by atoms with E-state index in [0.29, 0.717) is 90.8 Å². The van der Waals surface area contributed by atoms with E-state index in [-0.39, 0.29) is 35.4 Å². The van der Waals surface area contributed by atoms with E-state index < -0.39 is 7.12 Å². The largest absolute Gasteiger partial charge is 0.494 e. The summed E-state index contributed by atoms with van der Waals surface area (Å²) in [6.45, 7) is 14.4. The molecule has 30 heteroatoms. The quantitative estimate of drug-likeness (QED) is 0.0459. The molecule has 15 rings (SSSR count). The van der Waals surface area contributed by atoms with Crippen LogP contribution in [0.25, 0.3) is 56.0 Å². The van der Waals surface area contributed by atoms with Crippen molar-refractivity contribution in [2.24, 2.45) is 0 Å². The topological polar surface area (TPSA) is 265 Å². The highest BCUT2D eigenvalue weighted by atomic mass is 127. The molecule has 1 unspecified atom stereocenters. The first kappa shape index (κ1) is 95.2. The summed E-state index contributed by atoms with van der Waals surface area (Å²) in [5.74, 6) is 1.27. The van der Waals surface area contributed by atoms with Gasteiger partial charge in [0.05, 0.1) is 61.2 Å². The van der Waals surface area contributed by atoms with E-state index in [9.17, 15) is 20.1 Å². The number of alkyl halides is 1. The van der Waals surface area contributed by atoms with Crippen molar-refractivity contribution in [2.75, 3.05) is 127 Å².